The highest BCUT2D eigenvalue weighted by Crippen LogP contribution is 2.20. The van der Waals surface area contributed by atoms with Crippen molar-refractivity contribution in [1.82, 2.24) is 10.2 Å². The molecule has 0 aliphatic carbocycles. The molecule has 1 aliphatic heterocycles. The first-order valence-corrected chi connectivity index (χ1v) is 7.76. The van der Waals surface area contributed by atoms with E-state index in [-0.39, 0.29) is 30.8 Å². The van der Waals surface area contributed by atoms with Crippen molar-refractivity contribution < 1.29 is 19.1 Å². The minimum absolute atomic E-state index is 0.0206. The van der Waals surface area contributed by atoms with Crippen LogP contribution in [0.2, 0.25) is 0 Å². The van der Waals surface area contributed by atoms with Gasteiger partial charge in [0.25, 0.3) is 0 Å². The second-order valence-corrected chi connectivity index (χ2v) is 6.38. The number of nitrogens with zero attached hydrogens (tertiary/aromatic N) is 1. The Morgan fingerprint density at radius 1 is 1.35 bits per heavy atom. The molecule has 126 valence electrons. The molecule has 1 fully saturated rings. The number of ether oxygens (including phenoxy) is 2. The van der Waals surface area contributed by atoms with Crippen LogP contribution in [0.15, 0.2) is 30.3 Å². The third-order valence-electron chi connectivity index (χ3n) is 3.52. The number of hydrogen-bond donors (Lipinski definition) is 1. The van der Waals surface area contributed by atoms with Gasteiger partial charge in [-0.15, -0.1) is 0 Å². The van der Waals surface area contributed by atoms with E-state index in [1.807, 2.05) is 51.1 Å². The Hall–Kier alpha value is -2.08. The molecule has 0 saturated carbocycles. The molecule has 1 N–H and O–H groups in total. The van der Waals surface area contributed by atoms with Crippen LogP contribution < -0.4 is 5.32 Å². The number of carbonyl (C=O) groups is 2. The van der Waals surface area contributed by atoms with E-state index in [4.69, 9.17) is 9.47 Å². The highest BCUT2D eigenvalue weighted by molar-refractivity contribution is 5.82. The summed E-state index contributed by atoms with van der Waals surface area (Å²) in [5.41, 5.74) is 0.527. The average Bonchev–Trinajstić information content (AvgIpc) is 2.49. The predicted molar refractivity (Wildman–Crippen MR) is 85.8 cm³/mol. The standard InChI is InChI=1S/C17H24N2O4/c1-13-10-19(12-17(2,3)23-13)15(20)9-18-16(21)22-11-14-7-5-4-6-8-14/h4-8,13H,9-12H2,1-3H3,(H,18,21)/t13-/m0/s1. The summed E-state index contributed by atoms with van der Waals surface area (Å²) in [6.07, 6.45) is -0.615. The maximum atomic E-state index is 12.2. The summed E-state index contributed by atoms with van der Waals surface area (Å²) >= 11 is 0. The van der Waals surface area contributed by atoms with Crippen molar-refractivity contribution >= 4 is 12.0 Å². The lowest BCUT2D eigenvalue weighted by Gasteiger charge is -2.41. The Kier molecular flexibility index (Phi) is 5.60. The van der Waals surface area contributed by atoms with Gasteiger partial charge in [0.2, 0.25) is 5.91 Å². The number of morpholine rings is 1. The second-order valence-electron chi connectivity index (χ2n) is 6.38. The Morgan fingerprint density at radius 3 is 2.70 bits per heavy atom. The summed E-state index contributed by atoms with van der Waals surface area (Å²) < 4.78 is 10.8. The molecule has 2 rings (SSSR count). The van der Waals surface area contributed by atoms with Crippen LogP contribution in [0.4, 0.5) is 4.79 Å². The summed E-state index contributed by atoms with van der Waals surface area (Å²) in [6.45, 7) is 6.98. The van der Waals surface area contributed by atoms with Gasteiger partial charge in [0.05, 0.1) is 11.7 Å². The lowest BCUT2D eigenvalue weighted by atomic mass is 10.1. The molecule has 0 spiro atoms. The van der Waals surface area contributed by atoms with Gasteiger partial charge in [-0.1, -0.05) is 30.3 Å². The lowest BCUT2D eigenvalue weighted by molar-refractivity contribution is -0.157. The van der Waals surface area contributed by atoms with E-state index in [1.165, 1.54) is 0 Å². The van der Waals surface area contributed by atoms with Crippen LogP contribution in [0.3, 0.4) is 0 Å². The van der Waals surface area contributed by atoms with Gasteiger partial charge < -0.3 is 19.7 Å². The normalized spacial score (nSPS) is 20.0. The molecule has 0 radical (unpaired) electrons. The number of benzene rings is 1. The van der Waals surface area contributed by atoms with E-state index in [0.717, 1.165) is 5.56 Å². The van der Waals surface area contributed by atoms with Gasteiger partial charge in [-0.2, -0.15) is 0 Å². The van der Waals surface area contributed by atoms with Crippen molar-refractivity contribution in [1.29, 1.82) is 0 Å². The molecule has 1 saturated heterocycles. The van der Waals surface area contributed by atoms with E-state index >= 15 is 0 Å². The van der Waals surface area contributed by atoms with Crippen LogP contribution in [-0.2, 0) is 20.9 Å². The molecule has 6 nitrogen and oxygen atoms in total. The summed E-state index contributed by atoms with van der Waals surface area (Å²) in [5, 5.41) is 2.50. The number of carbonyl (C=O) groups excluding carboxylic acids is 2. The molecule has 1 aromatic carbocycles. The third-order valence-corrected chi connectivity index (χ3v) is 3.52. The predicted octanol–water partition coefficient (Wildman–Crippen LogP) is 1.94. The van der Waals surface area contributed by atoms with E-state index in [0.29, 0.717) is 13.1 Å². The second kappa shape index (κ2) is 7.46. The van der Waals surface area contributed by atoms with E-state index in [9.17, 15) is 9.59 Å². The van der Waals surface area contributed by atoms with Gasteiger partial charge in [0, 0.05) is 13.1 Å². The molecular formula is C17H24N2O4. The lowest BCUT2D eigenvalue weighted by Crippen LogP contribution is -2.55. The van der Waals surface area contributed by atoms with Gasteiger partial charge in [0.15, 0.2) is 0 Å². The molecule has 2 amide bonds. The first kappa shape index (κ1) is 17.3. The summed E-state index contributed by atoms with van der Waals surface area (Å²) in [5.74, 6) is -0.134. The molecule has 1 aromatic rings. The van der Waals surface area contributed by atoms with Crippen molar-refractivity contribution in [2.45, 2.75) is 39.1 Å². The molecular weight excluding hydrogens is 296 g/mol. The summed E-state index contributed by atoms with van der Waals surface area (Å²) in [7, 11) is 0. The van der Waals surface area contributed by atoms with Crippen LogP contribution >= 0.6 is 0 Å². The Labute approximate surface area is 136 Å². The minimum atomic E-state index is -0.595. The topological polar surface area (TPSA) is 67.9 Å². The van der Waals surface area contributed by atoms with E-state index < -0.39 is 6.09 Å². The van der Waals surface area contributed by atoms with Crippen molar-refractivity contribution in [2.75, 3.05) is 19.6 Å². The molecule has 0 unspecified atom stereocenters. The fraction of sp³-hybridized carbons (Fsp3) is 0.529. The largest absolute Gasteiger partial charge is 0.445 e. The number of nitrogens with one attached hydrogen (secondary N) is 1. The smallest absolute Gasteiger partial charge is 0.407 e. The number of alkyl carbamates (subject to hydrolysis) is 1. The number of amides is 2. The molecule has 1 heterocycles. The zero-order valence-electron chi connectivity index (χ0n) is 13.9. The van der Waals surface area contributed by atoms with Gasteiger partial charge in [-0.3, -0.25) is 4.79 Å². The fourth-order valence-electron chi connectivity index (χ4n) is 2.68. The van der Waals surface area contributed by atoms with E-state index in [1.54, 1.807) is 4.90 Å². The molecule has 0 aromatic heterocycles. The van der Waals surface area contributed by atoms with Gasteiger partial charge in [-0.05, 0) is 26.3 Å². The summed E-state index contributed by atoms with van der Waals surface area (Å²) in [4.78, 5) is 25.6. The Morgan fingerprint density at radius 2 is 2.04 bits per heavy atom. The molecule has 0 bridgehead atoms. The first-order chi connectivity index (χ1) is 10.9. The van der Waals surface area contributed by atoms with Gasteiger partial charge in [0.1, 0.15) is 13.2 Å². The monoisotopic (exact) mass is 320 g/mol. The van der Waals surface area contributed by atoms with Crippen LogP contribution in [0, 0.1) is 0 Å². The van der Waals surface area contributed by atoms with Gasteiger partial charge >= 0.3 is 6.09 Å². The zero-order chi connectivity index (χ0) is 16.9. The van der Waals surface area contributed by atoms with Gasteiger partial charge in [-0.25, -0.2) is 4.79 Å². The maximum Gasteiger partial charge on any atom is 0.407 e. The Bertz CT molecular complexity index is 545. The SMILES string of the molecule is C[C@H]1CN(C(=O)CNC(=O)OCc2ccccc2)CC(C)(C)O1. The Balaban J connectivity index is 1.74. The highest BCUT2D eigenvalue weighted by Gasteiger charge is 2.33. The fourth-order valence-corrected chi connectivity index (χ4v) is 2.68. The average molecular weight is 320 g/mol. The maximum absolute atomic E-state index is 12.2. The molecule has 1 atom stereocenters. The van der Waals surface area contributed by atoms with Crippen LogP contribution in [0.5, 0.6) is 0 Å². The van der Waals surface area contributed by atoms with Crippen LogP contribution in [0.1, 0.15) is 26.3 Å². The summed E-state index contributed by atoms with van der Waals surface area (Å²) in [6, 6.07) is 9.39. The third kappa shape index (κ3) is 5.56. The number of rotatable bonds is 4. The van der Waals surface area contributed by atoms with Crippen molar-refractivity contribution in [3.63, 3.8) is 0 Å². The molecule has 1 aliphatic rings. The van der Waals surface area contributed by atoms with Crippen molar-refractivity contribution in [2.24, 2.45) is 0 Å². The highest BCUT2D eigenvalue weighted by atomic mass is 16.5. The van der Waals surface area contributed by atoms with Crippen LogP contribution in [-0.4, -0.2) is 48.2 Å². The molecule has 6 heteroatoms. The van der Waals surface area contributed by atoms with E-state index in [2.05, 4.69) is 5.32 Å². The van der Waals surface area contributed by atoms with Crippen LogP contribution in [0.25, 0.3) is 0 Å². The van der Waals surface area contributed by atoms with Crippen molar-refractivity contribution in [3.8, 4) is 0 Å². The molecule has 23 heavy (non-hydrogen) atoms. The zero-order valence-corrected chi connectivity index (χ0v) is 13.9. The minimum Gasteiger partial charge on any atom is -0.445 e. The number of hydrogen-bond acceptors (Lipinski definition) is 4. The van der Waals surface area contributed by atoms with Crippen molar-refractivity contribution in [3.05, 3.63) is 35.9 Å². The quantitative estimate of drug-likeness (QED) is 0.920. The first-order valence-electron chi connectivity index (χ1n) is 7.76.